The molecule has 1 aliphatic heterocycles. The molecule has 0 aromatic heterocycles. The fourth-order valence-corrected chi connectivity index (χ4v) is 3.74. The summed E-state index contributed by atoms with van der Waals surface area (Å²) in [4.78, 5) is 12.9. The molecule has 1 aromatic carbocycles. The highest BCUT2D eigenvalue weighted by Gasteiger charge is 2.29. The van der Waals surface area contributed by atoms with Crippen molar-refractivity contribution in [1.82, 2.24) is 9.21 Å². The van der Waals surface area contributed by atoms with Crippen LogP contribution in [0, 0.1) is 5.82 Å². The Bertz CT molecular complexity index is 655. The summed E-state index contributed by atoms with van der Waals surface area (Å²) in [6.45, 7) is 4.56. The first-order valence-electron chi connectivity index (χ1n) is 7.04. The van der Waals surface area contributed by atoms with Gasteiger partial charge in [0.2, 0.25) is 15.9 Å². The molecule has 1 heterocycles. The van der Waals surface area contributed by atoms with Gasteiger partial charge in [-0.05, 0) is 19.1 Å². The van der Waals surface area contributed by atoms with Crippen LogP contribution in [0.4, 0.5) is 4.39 Å². The third-order valence-electron chi connectivity index (χ3n) is 3.52. The van der Waals surface area contributed by atoms with Crippen molar-refractivity contribution in [1.29, 1.82) is 0 Å². The number of sulfonamides is 1. The Labute approximate surface area is 129 Å². The molecular weight excluding hydrogens is 311 g/mol. The van der Waals surface area contributed by atoms with Crippen LogP contribution in [0.5, 0.6) is 5.75 Å². The maximum absolute atomic E-state index is 13.5. The summed E-state index contributed by atoms with van der Waals surface area (Å²) in [5, 5.41) is 0. The molecule has 0 saturated carbocycles. The van der Waals surface area contributed by atoms with E-state index in [0.29, 0.717) is 13.1 Å². The van der Waals surface area contributed by atoms with E-state index in [1.54, 1.807) is 11.8 Å². The summed E-state index contributed by atoms with van der Waals surface area (Å²) in [5.41, 5.74) is 0. The van der Waals surface area contributed by atoms with E-state index in [1.807, 2.05) is 0 Å². The molecule has 1 saturated heterocycles. The molecule has 1 aromatic rings. The number of rotatable bonds is 4. The minimum Gasteiger partial charge on any atom is -0.491 e. The number of halogens is 1. The van der Waals surface area contributed by atoms with E-state index in [1.165, 1.54) is 23.4 Å². The summed E-state index contributed by atoms with van der Waals surface area (Å²) < 4.78 is 45.1. The zero-order valence-electron chi connectivity index (χ0n) is 12.6. The third-order valence-corrected chi connectivity index (χ3v) is 5.42. The number of nitrogens with zero attached hydrogens (tertiary/aromatic N) is 2. The van der Waals surface area contributed by atoms with E-state index in [9.17, 15) is 17.6 Å². The monoisotopic (exact) mass is 330 g/mol. The number of carbonyl (C=O) groups is 1. The van der Waals surface area contributed by atoms with Crippen LogP contribution < -0.4 is 4.74 Å². The number of piperazine rings is 1. The SMILES string of the molecule is CCOc1cc(S(=O)(=O)N2CCN(C(C)=O)CC2)ccc1F. The van der Waals surface area contributed by atoms with Crippen molar-refractivity contribution in [3.63, 3.8) is 0 Å². The molecule has 0 spiro atoms. The molecule has 22 heavy (non-hydrogen) atoms. The van der Waals surface area contributed by atoms with Gasteiger partial charge in [-0.1, -0.05) is 0 Å². The van der Waals surface area contributed by atoms with Crippen LogP contribution >= 0.6 is 0 Å². The fraction of sp³-hybridized carbons (Fsp3) is 0.500. The van der Waals surface area contributed by atoms with Gasteiger partial charge in [0.25, 0.3) is 0 Å². The minimum absolute atomic E-state index is 0.00590. The minimum atomic E-state index is -3.72. The van der Waals surface area contributed by atoms with Crippen LogP contribution in [-0.2, 0) is 14.8 Å². The van der Waals surface area contributed by atoms with Crippen LogP contribution in [0.25, 0.3) is 0 Å². The Morgan fingerprint density at radius 3 is 2.45 bits per heavy atom. The standard InChI is InChI=1S/C14H19FN2O4S/c1-3-21-14-10-12(4-5-13(14)15)22(19,20)17-8-6-16(7-9-17)11(2)18/h4-5,10H,3,6-9H2,1-2H3. The van der Waals surface area contributed by atoms with E-state index in [0.717, 1.165) is 6.07 Å². The highest BCUT2D eigenvalue weighted by atomic mass is 32.2. The van der Waals surface area contributed by atoms with Gasteiger partial charge in [-0.15, -0.1) is 0 Å². The molecule has 0 aliphatic carbocycles. The zero-order chi connectivity index (χ0) is 16.3. The zero-order valence-corrected chi connectivity index (χ0v) is 13.4. The lowest BCUT2D eigenvalue weighted by Gasteiger charge is -2.33. The highest BCUT2D eigenvalue weighted by Crippen LogP contribution is 2.25. The molecule has 0 bridgehead atoms. The molecule has 8 heteroatoms. The van der Waals surface area contributed by atoms with E-state index < -0.39 is 15.8 Å². The normalized spacial score (nSPS) is 16.6. The molecule has 122 valence electrons. The molecule has 1 fully saturated rings. The molecule has 6 nitrogen and oxygen atoms in total. The van der Waals surface area contributed by atoms with Crippen LogP contribution in [0.3, 0.4) is 0 Å². The first kappa shape index (κ1) is 16.7. The molecule has 2 rings (SSSR count). The van der Waals surface area contributed by atoms with Gasteiger partial charge in [-0.3, -0.25) is 4.79 Å². The Balaban J connectivity index is 2.21. The maximum Gasteiger partial charge on any atom is 0.243 e. The van der Waals surface area contributed by atoms with E-state index >= 15 is 0 Å². The molecule has 1 aliphatic rings. The highest BCUT2D eigenvalue weighted by molar-refractivity contribution is 7.89. The van der Waals surface area contributed by atoms with Gasteiger partial charge in [-0.25, -0.2) is 12.8 Å². The second-order valence-electron chi connectivity index (χ2n) is 4.94. The Hall–Kier alpha value is -1.67. The van der Waals surface area contributed by atoms with Crippen LogP contribution in [0.15, 0.2) is 23.1 Å². The summed E-state index contributed by atoms with van der Waals surface area (Å²) >= 11 is 0. The molecular formula is C14H19FN2O4S. The topological polar surface area (TPSA) is 66.9 Å². The quantitative estimate of drug-likeness (QED) is 0.828. The van der Waals surface area contributed by atoms with Crippen molar-refractivity contribution in [3.8, 4) is 5.75 Å². The smallest absolute Gasteiger partial charge is 0.243 e. The predicted octanol–water partition coefficient (Wildman–Crippen LogP) is 1.08. The van der Waals surface area contributed by atoms with Crippen molar-refractivity contribution in [2.75, 3.05) is 32.8 Å². The maximum atomic E-state index is 13.5. The van der Waals surface area contributed by atoms with Gasteiger partial charge in [0.1, 0.15) is 0 Å². The van der Waals surface area contributed by atoms with Gasteiger partial charge in [-0.2, -0.15) is 4.31 Å². The van der Waals surface area contributed by atoms with Crippen molar-refractivity contribution >= 4 is 15.9 Å². The molecule has 0 unspecified atom stereocenters. The lowest BCUT2D eigenvalue weighted by molar-refractivity contribution is -0.129. The van der Waals surface area contributed by atoms with E-state index in [-0.39, 0.29) is 36.2 Å². The van der Waals surface area contributed by atoms with Gasteiger partial charge in [0.05, 0.1) is 11.5 Å². The van der Waals surface area contributed by atoms with Gasteiger partial charge < -0.3 is 9.64 Å². The van der Waals surface area contributed by atoms with Crippen molar-refractivity contribution < 1.29 is 22.3 Å². The Kier molecular flexibility index (Phi) is 5.02. The molecule has 0 N–H and O–H groups in total. The van der Waals surface area contributed by atoms with Crippen molar-refractivity contribution in [2.24, 2.45) is 0 Å². The van der Waals surface area contributed by atoms with Crippen LogP contribution in [0.2, 0.25) is 0 Å². The van der Waals surface area contributed by atoms with Crippen LogP contribution in [-0.4, -0.2) is 56.3 Å². The first-order chi connectivity index (χ1) is 10.4. The first-order valence-corrected chi connectivity index (χ1v) is 8.48. The number of amides is 1. The number of benzene rings is 1. The summed E-state index contributed by atoms with van der Waals surface area (Å²) in [6.07, 6.45) is 0. The fourth-order valence-electron chi connectivity index (χ4n) is 2.30. The second kappa shape index (κ2) is 6.62. The molecule has 0 radical (unpaired) electrons. The van der Waals surface area contributed by atoms with E-state index in [4.69, 9.17) is 4.74 Å². The molecule has 1 amide bonds. The average molecular weight is 330 g/mol. The number of carbonyl (C=O) groups excluding carboxylic acids is 1. The summed E-state index contributed by atoms with van der Waals surface area (Å²) in [5.74, 6) is -0.745. The second-order valence-corrected chi connectivity index (χ2v) is 6.87. The number of hydrogen-bond donors (Lipinski definition) is 0. The lowest BCUT2D eigenvalue weighted by atomic mass is 10.3. The van der Waals surface area contributed by atoms with Gasteiger partial charge in [0, 0.05) is 39.2 Å². The summed E-state index contributed by atoms with van der Waals surface area (Å²) in [7, 11) is -3.72. The average Bonchev–Trinajstić information content (AvgIpc) is 2.49. The predicted molar refractivity (Wildman–Crippen MR) is 78.6 cm³/mol. The Morgan fingerprint density at radius 2 is 1.91 bits per heavy atom. The van der Waals surface area contributed by atoms with E-state index in [2.05, 4.69) is 0 Å². The van der Waals surface area contributed by atoms with Crippen molar-refractivity contribution in [3.05, 3.63) is 24.0 Å². The number of hydrogen-bond acceptors (Lipinski definition) is 4. The summed E-state index contributed by atoms with van der Waals surface area (Å²) in [6, 6.07) is 3.51. The molecule has 0 atom stereocenters. The third kappa shape index (κ3) is 3.38. The van der Waals surface area contributed by atoms with Gasteiger partial charge in [0.15, 0.2) is 11.6 Å². The Morgan fingerprint density at radius 1 is 1.27 bits per heavy atom. The van der Waals surface area contributed by atoms with Crippen LogP contribution in [0.1, 0.15) is 13.8 Å². The lowest BCUT2D eigenvalue weighted by Crippen LogP contribution is -2.49. The number of ether oxygens (including phenoxy) is 1. The van der Waals surface area contributed by atoms with Gasteiger partial charge >= 0.3 is 0 Å². The largest absolute Gasteiger partial charge is 0.491 e. The van der Waals surface area contributed by atoms with Crippen molar-refractivity contribution in [2.45, 2.75) is 18.7 Å².